The number of para-hydroxylation sites is 1. The summed E-state index contributed by atoms with van der Waals surface area (Å²) >= 11 is 1.86. The van der Waals surface area contributed by atoms with E-state index in [-0.39, 0.29) is 10.9 Å². The van der Waals surface area contributed by atoms with Crippen molar-refractivity contribution in [1.29, 1.82) is 0 Å². The number of benzene rings is 1. The molecule has 0 amide bonds. The minimum absolute atomic E-state index is 0.0297. The standard InChI is InChI=1S/C11H17N3O2S2/c12-13-10-3-1-2-4-11(10)18(15,16)14-9-5-7-17-8-6-9/h1-4,9,13-14H,5-8,12H2. The molecular formula is C11H17N3O2S2. The zero-order valence-corrected chi connectivity index (χ0v) is 11.6. The molecule has 1 aromatic rings. The SMILES string of the molecule is NNc1ccccc1S(=O)(=O)NC1CCSCC1. The summed E-state index contributed by atoms with van der Waals surface area (Å²) in [6.45, 7) is 0. The van der Waals surface area contributed by atoms with Gasteiger partial charge in [0.05, 0.1) is 5.69 Å². The van der Waals surface area contributed by atoms with Crippen molar-refractivity contribution < 1.29 is 8.42 Å². The van der Waals surface area contributed by atoms with E-state index in [1.807, 2.05) is 11.8 Å². The molecule has 1 fully saturated rings. The Balaban J connectivity index is 2.19. The highest BCUT2D eigenvalue weighted by Crippen LogP contribution is 2.23. The van der Waals surface area contributed by atoms with Gasteiger partial charge >= 0.3 is 0 Å². The van der Waals surface area contributed by atoms with Crippen LogP contribution < -0.4 is 16.0 Å². The molecule has 1 aliphatic heterocycles. The van der Waals surface area contributed by atoms with Gasteiger partial charge in [0.2, 0.25) is 10.0 Å². The summed E-state index contributed by atoms with van der Waals surface area (Å²) in [5, 5.41) is 0. The second-order valence-corrected chi connectivity index (χ2v) is 7.06. The normalized spacial score (nSPS) is 17.6. The van der Waals surface area contributed by atoms with Crippen LogP contribution in [-0.2, 0) is 10.0 Å². The van der Waals surface area contributed by atoms with E-state index >= 15 is 0 Å². The molecule has 1 heterocycles. The average molecular weight is 287 g/mol. The fourth-order valence-corrected chi connectivity index (χ4v) is 4.50. The van der Waals surface area contributed by atoms with Crippen molar-refractivity contribution in [3.8, 4) is 0 Å². The van der Waals surface area contributed by atoms with Gasteiger partial charge in [0.15, 0.2) is 0 Å². The lowest BCUT2D eigenvalue weighted by Gasteiger charge is -2.22. The van der Waals surface area contributed by atoms with E-state index in [9.17, 15) is 8.42 Å². The molecule has 4 N–H and O–H groups in total. The third kappa shape index (κ3) is 3.17. The molecular weight excluding hydrogens is 270 g/mol. The van der Waals surface area contributed by atoms with Crippen LogP contribution in [-0.4, -0.2) is 26.0 Å². The number of nitrogens with one attached hydrogen (secondary N) is 2. The minimum atomic E-state index is -3.50. The Morgan fingerprint density at radius 1 is 1.22 bits per heavy atom. The number of anilines is 1. The molecule has 100 valence electrons. The first kappa shape index (κ1) is 13.7. The van der Waals surface area contributed by atoms with Crippen molar-refractivity contribution in [3.05, 3.63) is 24.3 Å². The Kier molecular flexibility index (Phi) is 4.50. The molecule has 1 saturated heterocycles. The van der Waals surface area contributed by atoms with Crippen molar-refractivity contribution in [1.82, 2.24) is 4.72 Å². The van der Waals surface area contributed by atoms with Gasteiger partial charge < -0.3 is 5.43 Å². The van der Waals surface area contributed by atoms with Crippen molar-refractivity contribution in [3.63, 3.8) is 0 Å². The van der Waals surface area contributed by atoms with Crippen LogP contribution >= 0.6 is 11.8 Å². The largest absolute Gasteiger partial charge is 0.323 e. The number of thioether (sulfide) groups is 1. The Labute approximate surface area is 112 Å². The molecule has 0 radical (unpaired) electrons. The third-order valence-electron chi connectivity index (χ3n) is 2.88. The van der Waals surface area contributed by atoms with E-state index < -0.39 is 10.0 Å². The zero-order valence-electron chi connectivity index (χ0n) is 9.93. The average Bonchev–Trinajstić information content (AvgIpc) is 2.39. The monoisotopic (exact) mass is 287 g/mol. The van der Waals surface area contributed by atoms with Crippen molar-refractivity contribution >= 4 is 27.5 Å². The van der Waals surface area contributed by atoms with Crippen molar-refractivity contribution in [2.75, 3.05) is 16.9 Å². The summed E-state index contributed by atoms with van der Waals surface area (Å²) in [5.74, 6) is 7.34. The van der Waals surface area contributed by atoms with Gasteiger partial charge in [-0.1, -0.05) is 12.1 Å². The van der Waals surface area contributed by atoms with E-state index in [1.54, 1.807) is 24.3 Å². The molecule has 0 unspecified atom stereocenters. The first-order valence-corrected chi connectivity index (χ1v) is 8.43. The summed E-state index contributed by atoms with van der Waals surface area (Å²) in [4.78, 5) is 0.200. The summed E-state index contributed by atoms with van der Waals surface area (Å²) in [5.41, 5.74) is 2.83. The van der Waals surface area contributed by atoms with Gasteiger partial charge in [0, 0.05) is 6.04 Å². The first-order valence-electron chi connectivity index (χ1n) is 5.79. The molecule has 0 aromatic heterocycles. The number of hydrogen-bond donors (Lipinski definition) is 3. The summed E-state index contributed by atoms with van der Waals surface area (Å²) < 4.78 is 27.3. The summed E-state index contributed by atoms with van der Waals surface area (Å²) in [6, 6.07) is 6.65. The lowest BCUT2D eigenvalue weighted by Crippen LogP contribution is -2.37. The highest BCUT2D eigenvalue weighted by atomic mass is 32.2. The van der Waals surface area contributed by atoms with Crippen molar-refractivity contribution in [2.45, 2.75) is 23.8 Å². The maximum Gasteiger partial charge on any atom is 0.242 e. The number of nitrogens with two attached hydrogens (primary N) is 1. The molecule has 0 saturated carbocycles. The predicted molar refractivity (Wildman–Crippen MR) is 74.9 cm³/mol. The fourth-order valence-electron chi connectivity index (χ4n) is 1.92. The molecule has 0 spiro atoms. The van der Waals surface area contributed by atoms with Crippen molar-refractivity contribution in [2.24, 2.45) is 5.84 Å². The van der Waals surface area contributed by atoms with Crippen LogP contribution in [0.25, 0.3) is 0 Å². The molecule has 1 aromatic carbocycles. The van der Waals surface area contributed by atoms with Crippen LogP contribution in [0.4, 0.5) is 5.69 Å². The lowest BCUT2D eigenvalue weighted by atomic mass is 10.2. The van der Waals surface area contributed by atoms with Crippen LogP contribution in [0.3, 0.4) is 0 Å². The Hall–Kier alpha value is -0.760. The van der Waals surface area contributed by atoms with Crippen LogP contribution in [0.15, 0.2) is 29.2 Å². The van der Waals surface area contributed by atoms with E-state index in [4.69, 9.17) is 5.84 Å². The zero-order chi connectivity index (χ0) is 13.0. The van der Waals surface area contributed by atoms with E-state index in [0.717, 1.165) is 24.3 Å². The van der Waals surface area contributed by atoms with E-state index in [1.165, 1.54) is 0 Å². The van der Waals surface area contributed by atoms with Gasteiger partial charge in [-0.05, 0) is 36.5 Å². The number of hydrazine groups is 1. The highest BCUT2D eigenvalue weighted by Gasteiger charge is 2.23. The van der Waals surface area contributed by atoms with Crippen LogP contribution in [0, 0.1) is 0 Å². The molecule has 18 heavy (non-hydrogen) atoms. The first-order chi connectivity index (χ1) is 8.63. The Bertz CT molecular complexity index is 499. The van der Waals surface area contributed by atoms with E-state index in [0.29, 0.717) is 5.69 Å². The summed E-state index contributed by atoms with van der Waals surface area (Å²) in [7, 11) is -3.50. The second kappa shape index (κ2) is 5.92. The number of nitrogen functional groups attached to an aromatic ring is 1. The minimum Gasteiger partial charge on any atom is -0.323 e. The molecule has 7 heteroatoms. The molecule has 0 aliphatic carbocycles. The number of hydrogen-bond acceptors (Lipinski definition) is 5. The Morgan fingerprint density at radius 3 is 2.56 bits per heavy atom. The van der Waals surface area contributed by atoms with Gasteiger partial charge in [-0.3, -0.25) is 5.84 Å². The van der Waals surface area contributed by atoms with Crippen LogP contribution in [0.1, 0.15) is 12.8 Å². The summed E-state index contributed by atoms with van der Waals surface area (Å²) in [6.07, 6.45) is 1.75. The molecule has 0 bridgehead atoms. The number of rotatable bonds is 4. The highest BCUT2D eigenvalue weighted by molar-refractivity contribution is 7.99. The third-order valence-corrected chi connectivity index (χ3v) is 5.50. The maximum atomic E-state index is 12.3. The quantitative estimate of drug-likeness (QED) is 0.571. The number of sulfonamides is 1. The van der Waals surface area contributed by atoms with E-state index in [2.05, 4.69) is 10.1 Å². The van der Waals surface area contributed by atoms with Gasteiger partial charge in [0.25, 0.3) is 0 Å². The molecule has 5 nitrogen and oxygen atoms in total. The maximum absolute atomic E-state index is 12.3. The smallest absolute Gasteiger partial charge is 0.242 e. The fraction of sp³-hybridized carbons (Fsp3) is 0.455. The lowest BCUT2D eigenvalue weighted by molar-refractivity contribution is 0.529. The molecule has 1 aliphatic rings. The van der Waals surface area contributed by atoms with Gasteiger partial charge in [0.1, 0.15) is 4.90 Å². The van der Waals surface area contributed by atoms with Gasteiger partial charge in [-0.2, -0.15) is 11.8 Å². The topological polar surface area (TPSA) is 84.2 Å². The van der Waals surface area contributed by atoms with Crippen LogP contribution in [0.5, 0.6) is 0 Å². The van der Waals surface area contributed by atoms with Gasteiger partial charge in [-0.25, -0.2) is 13.1 Å². The Morgan fingerprint density at radius 2 is 1.89 bits per heavy atom. The predicted octanol–water partition coefficient (Wildman–Crippen LogP) is 1.15. The molecule has 2 rings (SSSR count). The van der Waals surface area contributed by atoms with Crippen LogP contribution in [0.2, 0.25) is 0 Å². The molecule has 0 atom stereocenters. The second-order valence-electron chi connectivity index (χ2n) is 4.15. The van der Waals surface area contributed by atoms with Gasteiger partial charge in [-0.15, -0.1) is 0 Å².